The molecule has 0 spiro atoms. The number of nitro groups is 1. The summed E-state index contributed by atoms with van der Waals surface area (Å²) >= 11 is 5.84. The van der Waals surface area contributed by atoms with E-state index in [0.29, 0.717) is 17.1 Å². The Morgan fingerprint density at radius 3 is 2.62 bits per heavy atom. The monoisotopic (exact) mass is 513 g/mol. The molecule has 1 N–H and O–H groups in total. The maximum atomic E-state index is 12.9. The molecule has 184 valence electrons. The van der Waals surface area contributed by atoms with E-state index >= 15 is 0 Å². The Morgan fingerprint density at radius 2 is 1.86 bits per heavy atom. The number of methoxy groups -OCH3 is 1. The van der Waals surface area contributed by atoms with Crippen molar-refractivity contribution in [3.63, 3.8) is 0 Å². The Bertz CT molecular complexity index is 1570. The lowest BCUT2D eigenvalue weighted by Gasteiger charge is -2.15. The van der Waals surface area contributed by atoms with Crippen molar-refractivity contribution in [2.75, 3.05) is 12.4 Å². The molecule has 0 saturated carbocycles. The highest BCUT2D eigenvalue weighted by atomic mass is 35.5. The fourth-order valence-electron chi connectivity index (χ4n) is 3.79. The first-order valence-electron chi connectivity index (χ1n) is 11.0. The summed E-state index contributed by atoms with van der Waals surface area (Å²) in [5.41, 5.74) is 0.619. The van der Waals surface area contributed by atoms with Gasteiger partial charge in [-0.1, -0.05) is 66.2 Å². The van der Waals surface area contributed by atoms with Crippen molar-refractivity contribution in [1.82, 2.24) is 0 Å². The lowest BCUT2D eigenvalue weighted by Crippen LogP contribution is -2.14. The first-order valence-corrected chi connectivity index (χ1v) is 11.4. The number of nitrogens with one attached hydrogen (secondary N) is 1. The van der Waals surface area contributed by atoms with Crippen LogP contribution < -0.4 is 14.8 Å². The average molecular weight is 514 g/mol. The summed E-state index contributed by atoms with van der Waals surface area (Å²) in [6.07, 6.45) is 1.35. The van der Waals surface area contributed by atoms with Crippen LogP contribution in [0.2, 0.25) is 5.02 Å². The third-order valence-corrected chi connectivity index (χ3v) is 5.79. The molecular formula is C28H20ClN3O5. The van der Waals surface area contributed by atoms with Crippen LogP contribution in [0.1, 0.15) is 11.1 Å². The molecule has 9 heteroatoms. The molecule has 0 heterocycles. The minimum atomic E-state index is -0.823. The molecule has 37 heavy (non-hydrogen) atoms. The van der Waals surface area contributed by atoms with Gasteiger partial charge in [-0.2, -0.15) is 5.26 Å². The van der Waals surface area contributed by atoms with Crippen molar-refractivity contribution in [3.8, 4) is 17.6 Å². The van der Waals surface area contributed by atoms with Crippen LogP contribution in [-0.2, 0) is 11.4 Å². The second kappa shape index (κ2) is 11.2. The zero-order chi connectivity index (χ0) is 26.4. The molecule has 0 unspecified atom stereocenters. The molecular weight excluding hydrogens is 494 g/mol. The third-order valence-electron chi connectivity index (χ3n) is 5.55. The Labute approximate surface area is 217 Å². The fraction of sp³-hybridized carbons (Fsp3) is 0.0714. The minimum Gasteiger partial charge on any atom is -0.493 e. The summed E-state index contributed by atoms with van der Waals surface area (Å²) in [5, 5.41) is 25.7. The van der Waals surface area contributed by atoms with Crippen molar-refractivity contribution in [2.45, 2.75) is 6.61 Å². The quantitative estimate of drug-likeness (QED) is 0.124. The van der Waals surface area contributed by atoms with Gasteiger partial charge < -0.3 is 14.8 Å². The molecule has 0 saturated heterocycles. The van der Waals surface area contributed by atoms with E-state index in [4.69, 9.17) is 21.1 Å². The number of para-hydroxylation sites is 1. The summed E-state index contributed by atoms with van der Waals surface area (Å²) in [6.45, 7) is 0.216. The van der Waals surface area contributed by atoms with Crippen molar-refractivity contribution >= 4 is 45.7 Å². The second-order valence-corrected chi connectivity index (χ2v) is 8.28. The van der Waals surface area contributed by atoms with E-state index in [1.165, 1.54) is 25.3 Å². The fourth-order valence-corrected chi connectivity index (χ4v) is 3.95. The molecule has 0 aromatic heterocycles. The normalized spacial score (nSPS) is 11.0. The Balaban J connectivity index is 1.65. The molecule has 0 atom stereocenters. The molecule has 0 fully saturated rings. The molecule has 0 aliphatic heterocycles. The number of ether oxygens (including phenoxy) is 2. The summed E-state index contributed by atoms with van der Waals surface area (Å²) in [7, 11) is 1.49. The SMILES string of the molecule is COc1cccc(/C=C(\C#N)C(=O)Nc2ccc(Cl)cc2[N+](=O)[O-])c1OCc1cccc2ccccc12. The van der Waals surface area contributed by atoms with Gasteiger partial charge in [0.25, 0.3) is 11.6 Å². The number of carbonyl (C=O) groups excluding carboxylic acids is 1. The molecule has 8 nitrogen and oxygen atoms in total. The number of rotatable bonds is 8. The number of nitro benzene ring substituents is 1. The Kier molecular flexibility index (Phi) is 7.67. The van der Waals surface area contributed by atoms with Gasteiger partial charge in [0.15, 0.2) is 11.5 Å². The van der Waals surface area contributed by atoms with Crippen LogP contribution in [0.15, 0.2) is 84.4 Å². The maximum Gasteiger partial charge on any atom is 0.294 e. The first-order chi connectivity index (χ1) is 17.9. The maximum absolute atomic E-state index is 12.9. The van der Waals surface area contributed by atoms with Gasteiger partial charge in [0.2, 0.25) is 0 Å². The van der Waals surface area contributed by atoms with E-state index in [-0.39, 0.29) is 22.9 Å². The minimum absolute atomic E-state index is 0.0846. The van der Waals surface area contributed by atoms with Crippen LogP contribution in [0.4, 0.5) is 11.4 Å². The van der Waals surface area contributed by atoms with Gasteiger partial charge in [-0.25, -0.2) is 0 Å². The summed E-state index contributed by atoms with van der Waals surface area (Å²) in [4.78, 5) is 23.6. The van der Waals surface area contributed by atoms with E-state index in [9.17, 15) is 20.2 Å². The Hall–Kier alpha value is -4.87. The highest BCUT2D eigenvalue weighted by Gasteiger charge is 2.20. The van der Waals surface area contributed by atoms with E-state index in [1.54, 1.807) is 18.2 Å². The molecule has 0 aliphatic carbocycles. The number of hydrogen-bond donors (Lipinski definition) is 1. The van der Waals surface area contributed by atoms with E-state index in [2.05, 4.69) is 5.32 Å². The molecule has 1 amide bonds. The summed E-state index contributed by atoms with van der Waals surface area (Å²) < 4.78 is 11.6. The predicted molar refractivity (Wildman–Crippen MR) is 142 cm³/mol. The van der Waals surface area contributed by atoms with Gasteiger partial charge in [-0.3, -0.25) is 14.9 Å². The standard InChI is InChI=1S/C28H20ClN3O5/c1-36-26-11-5-8-19(27(26)37-17-20-9-4-7-18-6-2-3-10-23(18)20)14-21(16-30)28(33)31-24-13-12-22(29)15-25(24)32(34)35/h2-15H,17H2,1H3,(H,31,33)/b21-14+. The number of amides is 1. The van der Waals surface area contributed by atoms with Crippen LogP contribution in [0.25, 0.3) is 16.8 Å². The van der Waals surface area contributed by atoms with Gasteiger partial charge in [-0.15, -0.1) is 0 Å². The predicted octanol–water partition coefficient (Wildman–Crippen LogP) is 6.53. The number of fused-ring (bicyclic) bond motifs is 1. The second-order valence-electron chi connectivity index (χ2n) is 7.85. The zero-order valence-electron chi connectivity index (χ0n) is 19.6. The largest absolute Gasteiger partial charge is 0.493 e. The molecule has 0 bridgehead atoms. The Morgan fingerprint density at radius 1 is 1.11 bits per heavy atom. The van der Waals surface area contributed by atoms with Gasteiger partial charge >= 0.3 is 0 Å². The smallest absolute Gasteiger partial charge is 0.294 e. The van der Waals surface area contributed by atoms with Crippen LogP contribution >= 0.6 is 11.6 Å². The van der Waals surface area contributed by atoms with E-state index in [1.807, 2.05) is 48.5 Å². The molecule has 0 radical (unpaired) electrons. The van der Waals surface area contributed by atoms with Crippen LogP contribution in [0.3, 0.4) is 0 Å². The molecule has 4 aromatic rings. The van der Waals surface area contributed by atoms with Crippen LogP contribution in [0, 0.1) is 21.4 Å². The lowest BCUT2D eigenvalue weighted by molar-refractivity contribution is -0.383. The zero-order valence-corrected chi connectivity index (χ0v) is 20.4. The summed E-state index contributed by atoms with van der Waals surface area (Å²) in [5.74, 6) is -0.0632. The third kappa shape index (κ3) is 5.69. The molecule has 4 aromatic carbocycles. The molecule has 4 rings (SSSR count). The van der Waals surface area contributed by atoms with Gasteiger partial charge in [0.1, 0.15) is 23.9 Å². The van der Waals surface area contributed by atoms with Crippen LogP contribution in [0.5, 0.6) is 11.5 Å². The summed E-state index contributed by atoms with van der Waals surface area (Å²) in [6, 6.07) is 24.6. The van der Waals surface area contributed by atoms with Gasteiger partial charge in [0, 0.05) is 16.7 Å². The average Bonchev–Trinajstić information content (AvgIpc) is 2.91. The van der Waals surface area contributed by atoms with Crippen molar-refractivity contribution in [2.24, 2.45) is 0 Å². The topological polar surface area (TPSA) is 114 Å². The number of nitrogens with zero attached hydrogens (tertiary/aromatic N) is 2. The van der Waals surface area contributed by atoms with Crippen LogP contribution in [-0.4, -0.2) is 17.9 Å². The van der Waals surface area contributed by atoms with Crippen molar-refractivity contribution in [1.29, 1.82) is 5.26 Å². The molecule has 0 aliphatic rings. The highest BCUT2D eigenvalue weighted by molar-refractivity contribution is 6.31. The first kappa shape index (κ1) is 25.2. The van der Waals surface area contributed by atoms with E-state index in [0.717, 1.165) is 22.4 Å². The highest BCUT2D eigenvalue weighted by Crippen LogP contribution is 2.34. The van der Waals surface area contributed by atoms with Gasteiger partial charge in [0.05, 0.1) is 12.0 Å². The number of nitriles is 1. The number of anilines is 1. The number of carbonyl (C=O) groups is 1. The van der Waals surface area contributed by atoms with E-state index < -0.39 is 16.5 Å². The van der Waals surface area contributed by atoms with Crippen molar-refractivity contribution in [3.05, 3.63) is 111 Å². The van der Waals surface area contributed by atoms with Crippen molar-refractivity contribution < 1.29 is 19.2 Å². The number of hydrogen-bond acceptors (Lipinski definition) is 6. The lowest BCUT2D eigenvalue weighted by atomic mass is 10.1. The number of benzene rings is 4. The van der Waals surface area contributed by atoms with Gasteiger partial charge in [-0.05, 0) is 40.6 Å². The number of halogens is 1.